The lowest BCUT2D eigenvalue weighted by Crippen LogP contribution is -2.12. The summed E-state index contributed by atoms with van der Waals surface area (Å²) in [4.78, 5) is 26.3. The van der Waals surface area contributed by atoms with Gasteiger partial charge in [0.1, 0.15) is 5.52 Å². The summed E-state index contributed by atoms with van der Waals surface area (Å²) < 4.78 is 0. The normalized spacial score (nSPS) is 10.9. The number of rotatable bonds is 4. The molecule has 2 N–H and O–H groups in total. The molecule has 0 saturated carbocycles. The van der Waals surface area contributed by atoms with E-state index in [0.717, 1.165) is 16.3 Å². The summed E-state index contributed by atoms with van der Waals surface area (Å²) in [5, 5.41) is 13.8. The second-order valence-electron chi connectivity index (χ2n) is 5.90. The van der Waals surface area contributed by atoms with Crippen molar-refractivity contribution >= 4 is 34.5 Å². The van der Waals surface area contributed by atoms with E-state index in [1.807, 2.05) is 44.2 Å². The zero-order valence-corrected chi connectivity index (χ0v) is 15.4. The van der Waals surface area contributed by atoms with Crippen LogP contribution < -0.4 is 5.32 Å². The lowest BCUT2D eigenvalue weighted by Gasteiger charge is -2.07. The highest BCUT2D eigenvalue weighted by molar-refractivity contribution is 7.99. The van der Waals surface area contributed by atoms with Crippen molar-refractivity contribution < 1.29 is 4.79 Å². The monoisotopic (exact) mass is 377 g/mol. The number of aromatic nitrogens is 6. The number of pyridine rings is 1. The van der Waals surface area contributed by atoms with Crippen LogP contribution in [0.4, 0.5) is 5.69 Å². The van der Waals surface area contributed by atoms with Crippen molar-refractivity contribution in [1.82, 2.24) is 30.4 Å². The number of benzene rings is 1. The molecule has 134 valence electrons. The van der Waals surface area contributed by atoms with Crippen LogP contribution in [-0.2, 0) is 0 Å². The van der Waals surface area contributed by atoms with E-state index in [4.69, 9.17) is 0 Å². The fourth-order valence-corrected chi connectivity index (χ4v) is 3.38. The molecule has 0 spiro atoms. The van der Waals surface area contributed by atoms with E-state index in [1.54, 1.807) is 6.07 Å². The first kappa shape index (κ1) is 17.1. The average Bonchev–Trinajstić information content (AvgIpc) is 3.10. The summed E-state index contributed by atoms with van der Waals surface area (Å²) in [6.45, 7) is 3.89. The third-order valence-corrected chi connectivity index (χ3v) is 4.59. The van der Waals surface area contributed by atoms with E-state index in [0.29, 0.717) is 27.6 Å². The minimum atomic E-state index is -0.259. The van der Waals surface area contributed by atoms with Crippen LogP contribution in [0.5, 0.6) is 0 Å². The molecule has 1 amide bonds. The number of nitrogens with one attached hydrogen (secondary N) is 2. The van der Waals surface area contributed by atoms with Gasteiger partial charge in [-0.2, -0.15) is 10.3 Å². The molecule has 0 atom stereocenters. The molecule has 0 aliphatic rings. The summed E-state index contributed by atoms with van der Waals surface area (Å²) in [6.07, 6.45) is 1.47. The molecule has 3 aromatic heterocycles. The maximum Gasteiger partial charge on any atom is 0.257 e. The molecule has 9 heteroatoms. The predicted octanol–water partition coefficient (Wildman–Crippen LogP) is 3.16. The van der Waals surface area contributed by atoms with Crippen molar-refractivity contribution in [2.24, 2.45) is 0 Å². The summed E-state index contributed by atoms with van der Waals surface area (Å²) in [5.41, 5.74) is 3.99. The van der Waals surface area contributed by atoms with Crippen molar-refractivity contribution in [1.29, 1.82) is 0 Å². The van der Waals surface area contributed by atoms with E-state index in [-0.39, 0.29) is 5.91 Å². The SMILES string of the molecule is Cc1cc(C)nc(Sc2ccc(NC(=O)c3cnc4n[nH]nc4c3)cc2)n1. The summed E-state index contributed by atoms with van der Waals surface area (Å²) in [6, 6.07) is 11.1. The number of carbonyl (C=O) groups is 1. The quantitative estimate of drug-likeness (QED) is 0.526. The number of aryl methyl sites for hydroxylation is 2. The largest absolute Gasteiger partial charge is 0.322 e. The first-order valence-corrected chi connectivity index (χ1v) is 8.96. The summed E-state index contributed by atoms with van der Waals surface area (Å²) in [7, 11) is 0. The molecule has 0 unspecified atom stereocenters. The number of hydrogen-bond donors (Lipinski definition) is 2. The Hall–Kier alpha value is -3.33. The topological polar surface area (TPSA) is 109 Å². The molecule has 0 radical (unpaired) electrons. The minimum absolute atomic E-state index is 0.259. The van der Waals surface area contributed by atoms with E-state index in [2.05, 4.69) is 35.7 Å². The van der Waals surface area contributed by atoms with Gasteiger partial charge < -0.3 is 5.32 Å². The van der Waals surface area contributed by atoms with Gasteiger partial charge >= 0.3 is 0 Å². The third-order valence-electron chi connectivity index (χ3n) is 3.72. The second-order valence-corrected chi connectivity index (χ2v) is 6.94. The Morgan fingerprint density at radius 2 is 1.78 bits per heavy atom. The van der Waals surface area contributed by atoms with Crippen LogP contribution in [0.2, 0.25) is 0 Å². The molecule has 0 aliphatic carbocycles. The Morgan fingerprint density at radius 3 is 2.52 bits per heavy atom. The number of fused-ring (bicyclic) bond motifs is 1. The van der Waals surface area contributed by atoms with Crippen molar-refractivity contribution in [3.8, 4) is 0 Å². The highest BCUT2D eigenvalue weighted by Gasteiger charge is 2.10. The number of carbonyl (C=O) groups excluding carboxylic acids is 1. The number of hydrogen-bond acceptors (Lipinski definition) is 7. The Morgan fingerprint density at radius 1 is 1.04 bits per heavy atom. The number of aromatic amines is 1. The fourth-order valence-electron chi connectivity index (χ4n) is 2.52. The van der Waals surface area contributed by atoms with Crippen molar-refractivity contribution in [3.05, 3.63) is 59.5 Å². The molecule has 8 nitrogen and oxygen atoms in total. The van der Waals surface area contributed by atoms with Crippen LogP contribution >= 0.6 is 11.8 Å². The molecule has 0 saturated heterocycles. The molecule has 4 aromatic rings. The Balaban J connectivity index is 1.46. The van der Waals surface area contributed by atoms with Crippen LogP contribution in [0.15, 0.2) is 52.6 Å². The molecule has 0 bridgehead atoms. The average molecular weight is 377 g/mol. The first-order valence-electron chi connectivity index (χ1n) is 8.15. The lowest BCUT2D eigenvalue weighted by molar-refractivity contribution is 0.102. The zero-order chi connectivity index (χ0) is 18.8. The van der Waals surface area contributed by atoms with Crippen LogP contribution in [0.1, 0.15) is 21.7 Å². The smallest absolute Gasteiger partial charge is 0.257 e. The number of anilines is 1. The standard InChI is InChI=1S/C18H15N7OS/c1-10-7-11(2)21-18(20-10)27-14-5-3-13(4-6-14)22-17(26)12-8-15-16(19-9-12)24-25-23-15/h3-9H,1-2H3,(H,22,26)(H,19,23,24,25). The van der Waals surface area contributed by atoms with Crippen LogP contribution in [-0.4, -0.2) is 36.3 Å². The van der Waals surface area contributed by atoms with Crippen molar-refractivity contribution in [2.45, 2.75) is 23.9 Å². The first-order chi connectivity index (χ1) is 13.1. The van der Waals surface area contributed by atoms with Crippen molar-refractivity contribution in [2.75, 3.05) is 5.32 Å². The van der Waals surface area contributed by atoms with E-state index in [9.17, 15) is 4.79 Å². The van der Waals surface area contributed by atoms with Crippen LogP contribution in [0.3, 0.4) is 0 Å². The van der Waals surface area contributed by atoms with Gasteiger partial charge in [0.05, 0.1) is 5.56 Å². The van der Waals surface area contributed by atoms with Gasteiger partial charge in [0, 0.05) is 28.2 Å². The van der Waals surface area contributed by atoms with Gasteiger partial charge in [-0.25, -0.2) is 15.0 Å². The highest BCUT2D eigenvalue weighted by Crippen LogP contribution is 2.26. The molecule has 1 aromatic carbocycles. The number of nitrogens with zero attached hydrogens (tertiary/aromatic N) is 5. The van der Waals surface area contributed by atoms with Gasteiger partial charge in [-0.1, -0.05) is 0 Å². The molecular weight excluding hydrogens is 362 g/mol. The predicted molar refractivity (Wildman–Crippen MR) is 102 cm³/mol. The lowest BCUT2D eigenvalue weighted by atomic mass is 10.2. The maximum atomic E-state index is 12.4. The van der Waals surface area contributed by atoms with Gasteiger partial charge in [-0.05, 0) is 62.0 Å². The van der Waals surface area contributed by atoms with Gasteiger partial charge in [-0.3, -0.25) is 4.79 Å². The molecule has 0 fully saturated rings. The summed E-state index contributed by atoms with van der Waals surface area (Å²) >= 11 is 1.48. The second kappa shape index (κ2) is 7.12. The van der Waals surface area contributed by atoms with Gasteiger partial charge in [0.15, 0.2) is 5.16 Å². The Kier molecular flexibility index (Phi) is 4.51. The zero-order valence-electron chi connectivity index (χ0n) is 14.6. The Bertz CT molecular complexity index is 1100. The molecule has 0 aliphatic heterocycles. The van der Waals surface area contributed by atoms with Crippen LogP contribution in [0.25, 0.3) is 11.2 Å². The Labute approximate surface area is 158 Å². The highest BCUT2D eigenvalue weighted by atomic mass is 32.2. The van der Waals surface area contributed by atoms with Crippen LogP contribution in [0, 0.1) is 13.8 Å². The maximum absolute atomic E-state index is 12.4. The van der Waals surface area contributed by atoms with Gasteiger partial charge in [0.2, 0.25) is 5.65 Å². The van der Waals surface area contributed by atoms with E-state index >= 15 is 0 Å². The molecule has 4 rings (SSSR count). The molecule has 3 heterocycles. The number of H-pyrrole nitrogens is 1. The third kappa shape index (κ3) is 3.93. The number of amides is 1. The summed E-state index contributed by atoms with van der Waals surface area (Å²) in [5.74, 6) is -0.259. The molecule has 27 heavy (non-hydrogen) atoms. The van der Waals surface area contributed by atoms with Gasteiger partial charge in [-0.15, -0.1) is 5.10 Å². The fraction of sp³-hybridized carbons (Fsp3) is 0.111. The van der Waals surface area contributed by atoms with E-state index < -0.39 is 0 Å². The van der Waals surface area contributed by atoms with Gasteiger partial charge in [0.25, 0.3) is 5.91 Å². The molecular formula is C18H15N7OS. The van der Waals surface area contributed by atoms with Crippen molar-refractivity contribution in [3.63, 3.8) is 0 Å². The van der Waals surface area contributed by atoms with E-state index in [1.165, 1.54) is 18.0 Å². The minimum Gasteiger partial charge on any atom is -0.322 e.